The summed E-state index contributed by atoms with van der Waals surface area (Å²) in [5.41, 5.74) is 2.11. The first kappa shape index (κ1) is 21.6. The van der Waals surface area contributed by atoms with E-state index < -0.39 is 0 Å². The predicted octanol–water partition coefficient (Wildman–Crippen LogP) is 3.16. The van der Waals surface area contributed by atoms with Gasteiger partial charge in [0.05, 0.1) is 6.54 Å². The van der Waals surface area contributed by atoms with Crippen LogP contribution in [0.4, 0.5) is 11.5 Å². The number of rotatable bonds is 10. The van der Waals surface area contributed by atoms with Crippen molar-refractivity contribution in [1.82, 2.24) is 15.6 Å². The summed E-state index contributed by atoms with van der Waals surface area (Å²) in [7, 11) is 0. The van der Waals surface area contributed by atoms with Gasteiger partial charge in [0, 0.05) is 44.5 Å². The van der Waals surface area contributed by atoms with E-state index in [1.54, 1.807) is 6.20 Å². The zero-order valence-electron chi connectivity index (χ0n) is 17.7. The van der Waals surface area contributed by atoms with Crippen LogP contribution in [-0.4, -0.2) is 43.0 Å². The Bertz CT molecular complexity index is 806. The number of anilines is 2. The zero-order valence-corrected chi connectivity index (χ0v) is 17.7. The summed E-state index contributed by atoms with van der Waals surface area (Å²) in [6, 6.07) is 14.0. The molecule has 1 saturated heterocycles. The Morgan fingerprint density at radius 3 is 2.63 bits per heavy atom. The van der Waals surface area contributed by atoms with Crippen LogP contribution in [0.1, 0.15) is 38.2 Å². The predicted molar refractivity (Wildman–Crippen MR) is 123 cm³/mol. The lowest BCUT2D eigenvalue weighted by Gasteiger charge is -2.16. The first-order valence-electron chi connectivity index (χ1n) is 10.8. The van der Waals surface area contributed by atoms with Gasteiger partial charge in [-0.1, -0.05) is 18.2 Å². The maximum absolute atomic E-state index is 11.9. The number of pyridine rings is 1. The summed E-state index contributed by atoms with van der Waals surface area (Å²) < 4.78 is 0. The summed E-state index contributed by atoms with van der Waals surface area (Å²) in [4.78, 5) is 22.7. The maximum Gasteiger partial charge on any atom is 0.227 e. The fraction of sp³-hybridized carbons (Fsp3) is 0.435. The van der Waals surface area contributed by atoms with E-state index in [1.165, 1.54) is 0 Å². The molecule has 3 N–H and O–H groups in total. The molecule has 160 valence electrons. The van der Waals surface area contributed by atoms with Crippen molar-refractivity contribution in [1.29, 1.82) is 0 Å². The number of carbonyl (C=O) groups is 1. The highest BCUT2D eigenvalue weighted by Gasteiger charge is 2.21. The normalized spacial score (nSPS) is 14.1. The van der Waals surface area contributed by atoms with Gasteiger partial charge < -0.3 is 20.9 Å². The van der Waals surface area contributed by atoms with Gasteiger partial charge in [0.2, 0.25) is 5.91 Å². The molecule has 7 heteroatoms. The van der Waals surface area contributed by atoms with Crippen molar-refractivity contribution >= 4 is 23.4 Å². The van der Waals surface area contributed by atoms with Gasteiger partial charge in [-0.3, -0.25) is 4.79 Å². The van der Waals surface area contributed by atoms with E-state index in [9.17, 15) is 4.79 Å². The van der Waals surface area contributed by atoms with Crippen LogP contribution in [0.25, 0.3) is 0 Å². The molecular formula is C23H32N6O. The van der Waals surface area contributed by atoms with Crippen LogP contribution in [-0.2, 0) is 11.3 Å². The van der Waals surface area contributed by atoms with E-state index in [1.807, 2.05) is 35.2 Å². The third kappa shape index (κ3) is 6.76. The van der Waals surface area contributed by atoms with Gasteiger partial charge in [-0.15, -0.1) is 0 Å². The molecule has 1 aliphatic heterocycles. The quantitative estimate of drug-likeness (QED) is 0.320. The number of nitrogens with zero attached hydrogens (tertiary/aromatic N) is 3. The van der Waals surface area contributed by atoms with E-state index in [0.717, 1.165) is 68.5 Å². The number of aromatic nitrogens is 1. The van der Waals surface area contributed by atoms with Gasteiger partial charge in [0.15, 0.2) is 5.96 Å². The van der Waals surface area contributed by atoms with Crippen molar-refractivity contribution in [2.24, 2.45) is 4.99 Å². The largest absolute Gasteiger partial charge is 0.370 e. The summed E-state index contributed by atoms with van der Waals surface area (Å²) >= 11 is 0. The fourth-order valence-corrected chi connectivity index (χ4v) is 3.36. The molecule has 1 aromatic carbocycles. The average Bonchev–Trinajstić information content (AvgIpc) is 3.21. The number of unbranched alkanes of at least 4 members (excludes halogenated alkanes) is 1. The molecule has 1 fully saturated rings. The van der Waals surface area contributed by atoms with E-state index in [-0.39, 0.29) is 5.91 Å². The number of hydrogen-bond donors (Lipinski definition) is 3. The highest BCUT2D eigenvalue weighted by atomic mass is 16.2. The molecular weight excluding hydrogens is 376 g/mol. The smallest absolute Gasteiger partial charge is 0.227 e. The SMILES string of the molecule is CCNC(=NCc1ccc(N2CCCC2=O)cc1)NCCCCNc1ccccn1. The summed E-state index contributed by atoms with van der Waals surface area (Å²) in [6.07, 6.45) is 5.50. The molecule has 2 heterocycles. The molecule has 0 radical (unpaired) electrons. The number of hydrogen-bond acceptors (Lipinski definition) is 4. The molecule has 30 heavy (non-hydrogen) atoms. The molecule has 0 unspecified atom stereocenters. The van der Waals surface area contributed by atoms with Gasteiger partial charge in [0.1, 0.15) is 5.82 Å². The molecule has 0 atom stereocenters. The Morgan fingerprint density at radius 2 is 1.93 bits per heavy atom. The van der Waals surface area contributed by atoms with Gasteiger partial charge >= 0.3 is 0 Å². The van der Waals surface area contributed by atoms with E-state index in [0.29, 0.717) is 13.0 Å². The topological polar surface area (TPSA) is 81.7 Å². The summed E-state index contributed by atoms with van der Waals surface area (Å²) in [5, 5.41) is 10.0. The summed E-state index contributed by atoms with van der Waals surface area (Å²) in [6.45, 7) is 6.08. The van der Waals surface area contributed by atoms with Crippen LogP contribution in [0.5, 0.6) is 0 Å². The molecule has 2 aromatic rings. The lowest BCUT2D eigenvalue weighted by molar-refractivity contribution is -0.117. The molecule has 0 bridgehead atoms. The molecule has 1 aromatic heterocycles. The second-order valence-electron chi connectivity index (χ2n) is 7.29. The van der Waals surface area contributed by atoms with Crippen LogP contribution in [0.2, 0.25) is 0 Å². The van der Waals surface area contributed by atoms with Crippen molar-refractivity contribution < 1.29 is 4.79 Å². The molecule has 0 saturated carbocycles. The zero-order chi connectivity index (χ0) is 21.0. The monoisotopic (exact) mass is 408 g/mol. The van der Waals surface area contributed by atoms with Crippen molar-refractivity contribution in [2.45, 2.75) is 39.2 Å². The van der Waals surface area contributed by atoms with Crippen LogP contribution < -0.4 is 20.9 Å². The third-order valence-electron chi connectivity index (χ3n) is 4.95. The fourth-order valence-electron chi connectivity index (χ4n) is 3.36. The van der Waals surface area contributed by atoms with Crippen molar-refractivity contribution in [2.75, 3.05) is 36.4 Å². The Labute approximate surface area is 179 Å². The van der Waals surface area contributed by atoms with Gasteiger partial charge in [-0.25, -0.2) is 9.98 Å². The van der Waals surface area contributed by atoms with Gasteiger partial charge in [-0.05, 0) is 56.0 Å². The lowest BCUT2D eigenvalue weighted by Crippen LogP contribution is -2.37. The highest BCUT2D eigenvalue weighted by molar-refractivity contribution is 5.95. The Balaban J connectivity index is 1.39. The molecule has 0 aliphatic carbocycles. The Hall–Kier alpha value is -3.09. The van der Waals surface area contributed by atoms with E-state index >= 15 is 0 Å². The number of nitrogens with one attached hydrogen (secondary N) is 3. The first-order valence-corrected chi connectivity index (χ1v) is 10.8. The van der Waals surface area contributed by atoms with E-state index in [2.05, 4.69) is 45.0 Å². The number of carbonyl (C=O) groups excluding carboxylic acids is 1. The molecule has 7 nitrogen and oxygen atoms in total. The van der Waals surface area contributed by atoms with Gasteiger partial charge in [0.25, 0.3) is 0 Å². The van der Waals surface area contributed by atoms with Gasteiger partial charge in [-0.2, -0.15) is 0 Å². The second-order valence-corrected chi connectivity index (χ2v) is 7.29. The third-order valence-corrected chi connectivity index (χ3v) is 4.95. The van der Waals surface area contributed by atoms with E-state index in [4.69, 9.17) is 0 Å². The van der Waals surface area contributed by atoms with Crippen LogP contribution in [0.3, 0.4) is 0 Å². The average molecular weight is 409 g/mol. The first-order chi connectivity index (χ1) is 14.8. The summed E-state index contributed by atoms with van der Waals surface area (Å²) in [5.74, 6) is 1.96. The number of amides is 1. The Kier molecular flexibility index (Phi) is 8.50. The molecule has 1 aliphatic rings. The maximum atomic E-state index is 11.9. The number of guanidine groups is 1. The van der Waals surface area contributed by atoms with Crippen molar-refractivity contribution in [3.05, 3.63) is 54.2 Å². The highest BCUT2D eigenvalue weighted by Crippen LogP contribution is 2.21. The second kappa shape index (κ2) is 11.8. The standard InChI is InChI=1S/C23H32N6O/c1-2-24-23(27-16-6-5-15-26-21-8-3-4-14-25-21)28-18-19-10-12-20(13-11-19)29-17-7-9-22(29)30/h3-4,8,10-14H,2,5-7,9,15-18H2,1H3,(H,25,26)(H2,24,27,28). The van der Waals surface area contributed by atoms with Crippen LogP contribution in [0, 0.1) is 0 Å². The minimum absolute atomic E-state index is 0.217. The number of benzene rings is 1. The molecule has 3 rings (SSSR count). The van der Waals surface area contributed by atoms with Crippen LogP contribution in [0.15, 0.2) is 53.7 Å². The lowest BCUT2D eigenvalue weighted by atomic mass is 10.2. The van der Waals surface area contributed by atoms with Crippen LogP contribution >= 0.6 is 0 Å². The van der Waals surface area contributed by atoms with Crippen molar-refractivity contribution in [3.8, 4) is 0 Å². The minimum Gasteiger partial charge on any atom is -0.370 e. The minimum atomic E-state index is 0.217. The molecule has 0 spiro atoms. The Morgan fingerprint density at radius 1 is 1.10 bits per heavy atom. The van der Waals surface area contributed by atoms with Crippen molar-refractivity contribution in [3.63, 3.8) is 0 Å². The number of aliphatic imine (C=N–C) groups is 1. The molecule has 1 amide bonds.